The molecule has 0 spiro atoms. The molecule has 102 valence electrons. The summed E-state index contributed by atoms with van der Waals surface area (Å²) in [6.07, 6.45) is 3.73. The number of halogens is 1. The number of nitrogens with zero attached hydrogens (tertiary/aromatic N) is 2. The lowest BCUT2D eigenvalue weighted by atomic mass is 10.1. The molecular weight excluding hydrogens is 250 g/mol. The van der Waals surface area contributed by atoms with E-state index in [0.29, 0.717) is 23.4 Å². The maximum absolute atomic E-state index is 6.01. The molecule has 4 nitrogen and oxygen atoms in total. The Balaban J connectivity index is 3.00. The first kappa shape index (κ1) is 15.1. The first-order valence-electron chi connectivity index (χ1n) is 6.30. The van der Waals surface area contributed by atoms with Crippen molar-refractivity contribution < 1.29 is 4.74 Å². The number of ether oxygens (including phenoxy) is 1. The quantitative estimate of drug-likeness (QED) is 0.828. The molecule has 18 heavy (non-hydrogen) atoms. The topological polar surface area (TPSA) is 51.4 Å². The molecule has 0 aliphatic carbocycles. The van der Waals surface area contributed by atoms with Gasteiger partial charge >= 0.3 is 0 Å². The third-order valence-corrected chi connectivity index (χ3v) is 3.26. The van der Waals surface area contributed by atoms with Crippen LogP contribution >= 0.6 is 11.6 Å². The van der Waals surface area contributed by atoms with Crippen molar-refractivity contribution in [3.05, 3.63) is 17.3 Å². The minimum absolute atomic E-state index is 0.413. The van der Waals surface area contributed by atoms with Crippen molar-refractivity contribution in [2.45, 2.75) is 32.7 Å². The lowest BCUT2D eigenvalue weighted by Gasteiger charge is -2.32. The van der Waals surface area contributed by atoms with E-state index < -0.39 is 0 Å². The average molecular weight is 272 g/mol. The molecule has 5 heteroatoms. The van der Waals surface area contributed by atoms with Gasteiger partial charge in [-0.25, -0.2) is 4.98 Å². The summed E-state index contributed by atoms with van der Waals surface area (Å²) in [7, 11) is 1.70. The third kappa shape index (κ3) is 3.75. The highest BCUT2D eigenvalue weighted by Crippen LogP contribution is 2.26. The maximum Gasteiger partial charge on any atom is 0.152 e. The van der Waals surface area contributed by atoms with Crippen LogP contribution in [0.15, 0.2) is 12.3 Å². The van der Waals surface area contributed by atoms with Gasteiger partial charge < -0.3 is 15.4 Å². The van der Waals surface area contributed by atoms with Crippen molar-refractivity contribution >= 4 is 23.1 Å². The molecule has 0 aromatic carbocycles. The van der Waals surface area contributed by atoms with Crippen LogP contribution in [0.1, 0.15) is 26.7 Å². The largest absolute Gasteiger partial charge is 0.396 e. The fourth-order valence-electron chi connectivity index (χ4n) is 2.07. The summed E-state index contributed by atoms with van der Waals surface area (Å²) in [5.41, 5.74) is 6.63. The van der Waals surface area contributed by atoms with E-state index >= 15 is 0 Å². The molecule has 0 atom stereocenters. The van der Waals surface area contributed by atoms with E-state index in [1.54, 1.807) is 19.4 Å². The van der Waals surface area contributed by atoms with E-state index in [1.807, 2.05) is 0 Å². The SMILES string of the molecule is CCC(CC)N(CCOC)c1ncc(Cl)cc1N. The molecule has 0 aliphatic heterocycles. The van der Waals surface area contributed by atoms with E-state index in [2.05, 4.69) is 23.7 Å². The summed E-state index contributed by atoms with van der Waals surface area (Å²) in [4.78, 5) is 6.56. The van der Waals surface area contributed by atoms with Gasteiger partial charge in [0.05, 0.1) is 17.3 Å². The number of methoxy groups -OCH3 is 1. The zero-order chi connectivity index (χ0) is 13.5. The molecular formula is C13H22ClN3O. The number of anilines is 2. The van der Waals surface area contributed by atoms with Crippen molar-refractivity contribution in [3.63, 3.8) is 0 Å². The summed E-state index contributed by atoms with van der Waals surface area (Å²) < 4.78 is 5.16. The number of pyridine rings is 1. The Kier molecular flexibility index (Phi) is 6.22. The van der Waals surface area contributed by atoms with Crippen molar-refractivity contribution in [1.29, 1.82) is 0 Å². The van der Waals surface area contributed by atoms with Crippen LogP contribution in [0.2, 0.25) is 5.02 Å². The van der Waals surface area contributed by atoms with Crippen LogP contribution in [0, 0.1) is 0 Å². The minimum atomic E-state index is 0.413. The number of nitrogens with two attached hydrogens (primary N) is 1. The molecule has 0 bridgehead atoms. The van der Waals surface area contributed by atoms with Crippen LogP contribution in [-0.4, -0.2) is 31.3 Å². The Morgan fingerprint density at radius 3 is 2.61 bits per heavy atom. The van der Waals surface area contributed by atoms with Crippen LogP contribution in [-0.2, 0) is 4.74 Å². The standard InChI is InChI=1S/C13H22ClN3O/c1-4-11(5-2)17(6-7-18-3)13-12(15)8-10(14)9-16-13/h8-9,11H,4-7,15H2,1-3H3. The molecule has 0 amide bonds. The lowest BCUT2D eigenvalue weighted by molar-refractivity contribution is 0.202. The van der Waals surface area contributed by atoms with Crippen molar-refractivity contribution in [3.8, 4) is 0 Å². The molecule has 0 fully saturated rings. The number of hydrogen-bond acceptors (Lipinski definition) is 4. The van der Waals surface area contributed by atoms with Crippen LogP contribution in [0.4, 0.5) is 11.5 Å². The number of rotatable bonds is 7. The zero-order valence-corrected chi connectivity index (χ0v) is 12.1. The number of aromatic nitrogens is 1. The van der Waals surface area contributed by atoms with Gasteiger partial charge in [0.15, 0.2) is 5.82 Å². The van der Waals surface area contributed by atoms with Gasteiger partial charge in [0.2, 0.25) is 0 Å². The van der Waals surface area contributed by atoms with Gasteiger partial charge in [-0.2, -0.15) is 0 Å². The second-order valence-electron chi connectivity index (χ2n) is 4.22. The van der Waals surface area contributed by atoms with Crippen molar-refractivity contribution in [2.24, 2.45) is 0 Å². The molecule has 0 radical (unpaired) electrons. The molecule has 1 aromatic rings. The van der Waals surface area contributed by atoms with Crippen LogP contribution in [0.3, 0.4) is 0 Å². The summed E-state index contributed by atoms with van der Waals surface area (Å²) >= 11 is 5.89. The fraction of sp³-hybridized carbons (Fsp3) is 0.615. The second-order valence-corrected chi connectivity index (χ2v) is 4.66. The van der Waals surface area contributed by atoms with Crippen LogP contribution < -0.4 is 10.6 Å². The maximum atomic E-state index is 6.01. The lowest BCUT2D eigenvalue weighted by Crippen LogP contribution is -2.38. The summed E-state index contributed by atoms with van der Waals surface area (Å²) in [6.45, 7) is 5.77. The first-order chi connectivity index (χ1) is 8.63. The molecule has 1 rings (SSSR count). The molecule has 0 unspecified atom stereocenters. The van der Waals surface area contributed by atoms with E-state index in [0.717, 1.165) is 25.2 Å². The molecule has 0 aliphatic rings. The molecule has 0 saturated carbocycles. The monoisotopic (exact) mass is 271 g/mol. The first-order valence-corrected chi connectivity index (χ1v) is 6.68. The predicted octanol–water partition coefficient (Wildman–Crippen LogP) is 2.96. The van der Waals surface area contributed by atoms with Crippen LogP contribution in [0.25, 0.3) is 0 Å². The van der Waals surface area contributed by atoms with Gasteiger partial charge in [0, 0.05) is 25.9 Å². The van der Waals surface area contributed by atoms with Gasteiger partial charge in [-0.1, -0.05) is 25.4 Å². The van der Waals surface area contributed by atoms with Gasteiger partial charge in [0.1, 0.15) is 0 Å². The molecule has 1 heterocycles. The van der Waals surface area contributed by atoms with Gasteiger partial charge in [-0.3, -0.25) is 0 Å². The average Bonchev–Trinajstić information content (AvgIpc) is 2.35. The second kappa shape index (κ2) is 7.44. The van der Waals surface area contributed by atoms with Gasteiger partial charge in [-0.15, -0.1) is 0 Å². The van der Waals surface area contributed by atoms with E-state index in [-0.39, 0.29) is 0 Å². The third-order valence-electron chi connectivity index (χ3n) is 3.05. The zero-order valence-electron chi connectivity index (χ0n) is 11.3. The Morgan fingerprint density at radius 1 is 1.44 bits per heavy atom. The highest BCUT2D eigenvalue weighted by molar-refractivity contribution is 6.30. The Hall–Kier alpha value is -1.00. The molecule has 0 saturated heterocycles. The Labute approximate surface area is 114 Å². The van der Waals surface area contributed by atoms with Gasteiger partial charge in [-0.05, 0) is 18.9 Å². The normalized spacial score (nSPS) is 10.9. The fourth-order valence-corrected chi connectivity index (χ4v) is 2.23. The van der Waals surface area contributed by atoms with Crippen molar-refractivity contribution in [1.82, 2.24) is 4.98 Å². The minimum Gasteiger partial charge on any atom is -0.396 e. The van der Waals surface area contributed by atoms with Crippen LogP contribution in [0.5, 0.6) is 0 Å². The highest BCUT2D eigenvalue weighted by Gasteiger charge is 2.19. The van der Waals surface area contributed by atoms with E-state index in [9.17, 15) is 0 Å². The van der Waals surface area contributed by atoms with Crippen molar-refractivity contribution in [2.75, 3.05) is 30.9 Å². The molecule has 2 N–H and O–H groups in total. The summed E-state index contributed by atoms with van der Waals surface area (Å²) in [6, 6.07) is 2.16. The Morgan fingerprint density at radius 2 is 2.11 bits per heavy atom. The number of hydrogen-bond donors (Lipinski definition) is 1. The smallest absolute Gasteiger partial charge is 0.152 e. The predicted molar refractivity (Wildman–Crippen MR) is 77.3 cm³/mol. The molecule has 1 aromatic heterocycles. The summed E-state index contributed by atoms with van der Waals surface area (Å²) in [5, 5.41) is 0.562. The number of nitrogen functional groups attached to an aromatic ring is 1. The summed E-state index contributed by atoms with van der Waals surface area (Å²) in [5.74, 6) is 0.796. The highest BCUT2D eigenvalue weighted by atomic mass is 35.5. The van der Waals surface area contributed by atoms with E-state index in [1.165, 1.54) is 0 Å². The van der Waals surface area contributed by atoms with E-state index in [4.69, 9.17) is 22.1 Å². The Bertz CT molecular complexity index is 369. The van der Waals surface area contributed by atoms with Gasteiger partial charge in [0.25, 0.3) is 0 Å².